The lowest BCUT2D eigenvalue weighted by molar-refractivity contribution is -0.137. The third-order valence-corrected chi connectivity index (χ3v) is 4.10. The Labute approximate surface area is 126 Å². The lowest BCUT2D eigenvalue weighted by Crippen LogP contribution is -2.49. The van der Waals surface area contributed by atoms with Gasteiger partial charge in [0.25, 0.3) is 5.91 Å². The summed E-state index contributed by atoms with van der Waals surface area (Å²) in [6, 6.07) is 7.39. The van der Waals surface area contributed by atoms with E-state index < -0.39 is 5.97 Å². The lowest BCUT2D eigenvalue weighted by Gasteiger charge is -2.34. The van der Waals surface area contributed by atoms with Crippen LogP contribution >= 0.6 is 15.9 Å². The molecule has 0 atom stereocenters. The molecule has 0 unspecified atom stereocenters. The molecule has 6 heteroatoms. The smallest absolute Gasteiger partial charge is 0.304 e. The van der Waals surface area contributed by atoms with E-state index in [9.17, 15) is 9.59 Å². The van der Waals surface area contributed by atoms with Crippen molar-refractivity contribution in [2.24, 2.45) is 0 Å². The standard InChI is InChI=1S/C14H17BrN2O3/c15-12-4-2-1-3-11(12)14(20)17-9-7-16(8-10-17)6-5-13(18)19/h1-4H,5-10H2,(H,18,19). The first-order valence-corrected chi connectivity index (χ1v) is 7.35. The Hall–Kier alpha value is -1.40. The molecule has 1 amide bonds. The first-order chi connectivity index (χ1) is 9.58. The summed E-state index contributed by atoms with van der Waals surface area (Å²) in [5.74, 6) is -0.757. The van der Waals surface area contributed by atoms with Crippen molar-refractivity contribution < 1.29 is 14.7 Å². The summed E-state index contributed by atoms with van der Waals surface area (Å²) in [5.41, 5.74) is 0.673. The van der Waals surface area contributed by atoms with Gasteiger partial charge in [-0.2, -0.15) is 0 Å². The van der Waals surface area contributed by atoms with Crippen LogP contribution in [0.2, 0.25) is 0 Å². The molecule has 0 saturated carbocycles. The van der Waals surface area contributed by atoms with Crippen molar-refractivity contribution in [3.63, 3.8) is 0 Å². The van der Waals surface area contributed by atoms with E-state index in [1.807, 2.05) is 29.2 Å². The number of carboxylic acids is 1. The van der Waals surface area contributed by atoms with Crippen LogP contribution in [0.1, 0.15) is 16.8 Å². The van der Waals surface area contributed by atoms with Crippen molar-refractivity contribution in [2.45, 2.75) is 6.42 Å². The number of carbonyl (C=O) groups excluding carboxylic acids is 1. The number of benzene rings is 1. The van der Waals surface area contributed by atoms with Crippen molar-refractivity contribution in [1.29, 1.82) is 0 Å². The summed E-state index contributed by atoms with van der Waals surface area (Å²) >= 11 is 3.39. The van der Waals surface area contributed by atoms with Crippen LogP contribution in [0.15, 0.2) is 28.7 Å². The first kappa shape index (κ1) is 15.0. The topological polar surface area (TPSA) is 60.9 Å². The van der Waals surface area contributed by atoms with Gasteiger partial charge in [-0.3, -0.25) is 14.5 Å². The fourth-order valence-corrected chi connectivity index (χ4v) is 2.69. The monoisotopic (exact) mass is 340 g/mol. The van der Waals surface area contributed by atoms with Gasteiger partial charge in [-0.1, -0.05) is 12.1 Å². The molecule has 0 spiro atoms. The second-order valence-electron chi connectivity index (χ2n) is 4.76. The van der Waals surface area contributed by atoms with Gasteiger partial charge in [0.2, 0.25) is 0 Å². The number of rotatable bonds is 4. The lowest BCUT2D eigenvalue weighted by atomic mass is 10.2. The van der Waals surface area contributed by atoms with E-state index in [0.717, 1.165) is 17.6 Å². The Kier molecular flexibility index (Phi) is 5.14. The molecule has 0 aromatic heterocycles. The summed E-state index contributed by atoms with van der Waals surface area (Å²) in [4.78, 5) is 26.8. The number of nitrogens with zero attached hydrogens (tertiary/aromatic N) is 2. The maximum absolute atomic E-state index is 12.4. The SMILES string of the molecule is O=C(O)CCN1CCN(C(=O)c2ccccc2Br)CC1. The fourth-order valence-electron chi connectivity index (χ4n) is 2.23. The van der Waals surface area contributed by atoms with Gasteiger partial charge >= 0.3 is 5.97 Å². The van der Waals surface area contributed by atoms with Crippen molar-refractivity contribution in [1.82, 2.24) is 9.80 Å². The van der Waals surface area contributed by atoms with E-state index >= 15 is 0 Å². The highest BCUT2D eigenvalue weighted by molar-refractivity contribution is 9.10. The van der Waals surface area contributed by atoms with Crippen LogP contribution in [0.3, 0.4) is 0 Å². The van der Waals surface area contributed by atoms with Crippen LogP contribution in [0.4, 0.5) is 0 Å². The molecule has 0 radical (unpaired) electrons. The fraction of sp³-hybridized carbons (Fsp3) is 0.429. The highest BCUT2D eigenvalue weighted by Crippen LogP contribution is 2.18. The number of carbonyl (C=O) groups is 2. The van der Waals surface area contributed by atoms with Gasteiger partial charge in [-0.05, 0) is 28.1 Å². The Bertz CT molecular complexity index is 499. The van der Waals surface area contributed by atoms with Crippen molar-refractivity contribution in [3.8, 4) is 0 Å². The number of hydrogen-bond acceptors (Lipinski definition) is 3. The van der Waals surface area contributed by atoms with Crippen LogP contribution in [0.25, 0.3) is 0 Å². The van der Waals surface area contributed by atoms with Crippen LogP contribution in [0.5, 0.6) is 0 Å². The number of amides is 1. The van der Waals surface area contributed by atoms with Crippen LogP contribution in [-0.2, 0) is 4.79 Å². The van der Waals surface area contributed by atoms with Crippen molar-refractivity contribution in [3.05, 3.63) is 34.3 Å². The molecule has 1 fully saturated rings. The molecule has 0 bridgehead atoms. The van der Waals surface area contributed by atoms with Gasteiger partial charge in [0, 0.05) is 37.2 Å². The highest BCUT2D eigenvalue weighted by Gasteiger charge is 2.23. The van der Waals surface area contributed by atoms with E-state index in [2.05, 4.69) is 20.8 Å². The van der Waals surface area contributed by atoms with Gasteiger partial charge in [0.15, 0.2) is 0 Å². The third kappa shape index (κ3) is 3.80. The summed E-state index contributed by atoms with van der Waals surface area (Å²) in [5, 5.41) is 8.67. The second-order valence-corrected chi connectivity index (χ2v) is 5.61. The molecule has 0 aliphatic carbocycles. The number of piperazine rings is 1. The minimum Gasteiger partial charge on any atom is -0.481 e. The van der Waals surface area contributed by atoms with E-state index in [1.165, 1.54) is 0 Å². The molecule has 1 N–H and O–H groups in total. The number of carboxylic acid groups (broad SMARTS) is 1. The van der Waals surface area contributed by atoms with Crippen LogP contribution in [-0.4, -0.2) is 59.5 Å². The van der Waals surface area contributed by atoms with Gasteiger partial charge in [-0.25, -0.2) is 0 Å². The third-order valence-electron chi connectivity index (χ3n) is 3.41. The van der Waals surface area contributed by atoms with Crippen LogP contribution in [0, 0.1) is 0 Å². The molecule has 1 aromatic rings. The molecule has 1 saturated heterocycles. The number of aliphatic carboxylic acids is 1. The molecule has 1 heterocycles. The minimum atomic E-state index is -0.781. The molecule has 108 valence electrons. The Morgan fingerprint density at radius 3 is 2.40 bits per heavy atom. The number of hydrogen-bond donors (Lipinski definition) is 1. The summed E-state index contributed by atoms with van der Waals surface area (Å²) in [6.07, 6.45) is 0.151. The molecular formula is C14H17BrN2O3. The quantitative estimate of drug-likeness (QED) is 0.905. The maximum Gasteiger partial charge on any atom is 0.304 e. The molecular weight excluding hydrogens is 324 g/mol. The summed E-state index contributed by atoms with van der Waals surface area (Å²) in [7, 11) is 0. The average molecular weight is 341 g/mol. The minimum absolute atomic E-state index is 0.0235. The van der Waals surface area contributed by atoms with Crippen molar-refractivity contribution in [2.75, 3.05) is 32.7 Å². The zero-order valence-electron chi connectivity index (χ0n) is 11.1. The highest BCUT2D eigenvalue weighted by atomic mass is 79.9. The Morgan fingerprint density at radius 2 is 1.80 bits per heavy atom. The molecule has 2 rings (SSSR count). The molecule has 20 heavy (non-hydrogen) atoms. The molecule has 1 aliphatic rings. The predicted molar refractivity (Wildman–Crippen MR) is 78.7 cm³/mol. The summed E-state index contributed by atoms with van der Waals surface area (Å²) in [6.45, 7) is 3.28. The molecule has 1 aromatic carbocycles. The van der Waals surface area contributed by atoms with E-state index in [4.69, 9.17) is 5.11 Å². The first-order valence-electron chi connectivity index (χ1n) is 6.56. The normalized spacial score (nSPS) is 16.1. The zero-order chi connectivity index (χ0) is 14.5. The average Bonchev–Trinajstić information content (AvgIpc) is 2.45. The molecule has 5 nitrogen and oxygen atoms in total. The van der Waals surface area contributed by atoms with Gasteiger partial charge in [-0.15, -0.1) is 0 Å². The van der Waals surface area contributed by atoms with E-state index in [-0.39, 0.29) is 12.3 Å². The van der Waals surface area contributed by atoms with Gasteiger partial charge in [0.05, 0.1) is 12.0 Å². The Morgan fingerprint density at radius 1 is 1.15 bits per heavy atom. The second kappa shape index (κ2) is 6.85. The summed E-state index contributed by atoms with van der Waals surface area (Å²) < 4.78 is 0.804. The largest absolute Gasteiger partial charge is 0.481 e. The van der Waals surface area contributed by atoms with E-state index in [1.54, 1.807) is 0 Å². The van der Waals surface area contributed by atoms with Gasteiger partial charge in [0.1, 0.15) is 0 Å². The van der Waals surface area contributed by atoms with Crippen molar-refractivity contribution >= 4 is 27.8 Å². The number of halogens is 1. The Balaban J connectivity index is 1.89. The van der Waals surface area contributed by atoms with Crippen LogP contribution < -0.4 is 0 Å². The molecule has 1 aliphatic heterocycles. The van der Waals surface area contributed by atoms with E-state index in [0.29, 0.717) is 25.2 Å². The maximum atomic E-state index is 12.4. The predicted octanol–water partition coefficient (Wildman–Crippen LogP) is 1.68. The van der Waals surface area contributed by atoms with Gasteiger partial charge < -0.3 is 10.0 Å². The zero-order valence-corrected chi connectivity index (χ0v) is 12.7.